The highest BCUT2D eigenvalue weighted by molar-refractivity contribution is 9.10. The van der Waals surface area contributed by atoms with Gasteiger partial charge in [0.15, 0.2) is 0 Å². The van der Waals surface area contributed by atoms with E-state index < -0.39 is 0 Å². The maximum Gasteiger partial charge on any atom is 0.308 e. The summed E-state index contributed by atoms with van der Waals surface area (Å²) >= 11 is 3.24. The van der Waals surface area contributed by atoms with Gasteiger partial charge in [0.25, 0.3) is 0 Å². The summed E-state index contributed by atoms with van der Waals surface area (Å²) < 4.78 is 21.3. The maximum atomic E-state index is 13.4. The molecule has 0 aliphatic heterocycles. The van der Waals surface area contributed by atoms with Gasteiger partial charge in [-0.05, 0) is 64.3 Å². The first-order valence-electron chi connectivity index (χ1n) is 7.72. The fourth-order valence-corrected chi connectivity index (χ4v) is 3.26. The van der Waals surface area contributed by atoms with Gasteiger partial charge >= 0.3 is 5.97 Å². The molecule has 2 aromatic carbocycles. The molecule has 1 aromatic heterocycles. The summed E-state index contributed by atoms with van der Waals surface area (Å²) in [5.41, 5.74) is 3.24. The van der Waals surface area contributed by atoms with Crippen molar-refractivity contribution in [2.24, 2.45) is 0 Å². The lowest BCUT2D eigenvalue weighted by molar-refractivity contribution is -0.131. The molecule has 124 valence electrons. The summed E-state index contributed by atoms with van der Waals surface area (Å²) in [5, 5.41) is 1.02. The highest BCUT2D eigenvalue weighted by Gasteiger charge is 2.11. The van der Waals surface area contributed by atoms with Crippen LogP contribution in [0.4, 0.5) is 4.39 Å². The predicted octanol–water partition coefficient (Wildman–Crippen LogP) is 5.08. The van der Waals surface area contributed by atoms with E-state index in [4.69, 9.17) is 4.74 Å². The van der Waals surface area contributed by atoms with Crippen molar-refractivity contribution < 1.29 is 13.9 Å². The molecule has 24 heavy (non-hydrogen) atoms. The van der Waals surface area contributed by atoms with Gasteiger partial charge in [-0.15, -0.1) is 0 Å². The van der Waals surface area contributed by atoms with Gasteiger partial charge in [-0.25, -0.2) is 4.39 Å². The van der Waals surface area contributed by atoms with Crippen LogP contribution in [0.5, 0.6) is 5.75 Å². The second-order valence-electron chi connectivity index (χ2n) is 5.64. The lowest BCUT2D eigenvalue weighted by atomic mass is 10.2. The summed E-state index contributed by atoms with van der Waals surface area (Å²) in [6.07, 6.45) is 0.875. The molecule has 3 aromatic rings. The molecule has 0 amide bonds. The topological polar surface area (TPSA) is 31.2 Å². The summed E-state index contributed by atoms with van der Waals surface area (Å²) in [4.78, 5) is 11.1. The van der Waals surface area contributed by atoms with Crippen LogP contribution >= 0.6 is 15.9 Å². The maximum absolute atomic E-state index is 13.4. The molecule has 5 heteroatoms. The van der Waals surface area contributed by atoms with Crippen LogP contribution < -0.4 is 4.74 Å². The largest absolute Gasteiger partial charge is 0.427 e. The summed E-state index contributed by atoms with van der Waals surface area (Å²) in [6, 6.07) is 12.8. The molecular weight excluding hydrogens is 373 g/mol. The predicted molar refractivity (Wildman–Crippen MR) is 95.8 cm³/mol. The number of carbonyl (C=O) groups is 1. The minimum atomic E-state index is -0.333. The third-order valence-electron chi connectivity index (χ3n) is 3.91. The standard InChI is InChI=1S/C19H17BrFNO2/c1-3-15-9-14-10-16(24-12(2)23)5-7-19(14)22(15)11-13-4-6-18(21)17(20)8-13/h4-10H,3,11H2,1-2H3. The third-order valence-corrected chi connectivity index (χ3v) is 4.51. The van der Waals surface area contributed by atoms with Crippen LogP contribution in [0.25, 0.3) is 10.9 Å². The fourth-order valence-electron chi connectivity index (χ4n) is 2.84. The quantitative estimate of drug-likeness (QED) is 0.460. The van der Waals surface area contributed by atoms with Crippen molar-refractivity contribution in [1.82, 2.24) is 4.57 Å². The van der Waals surface area contributed by atoms with Gasteiger partial charge in [0, 0.05) is 30.1 Å². The Balaban J connectivity index is 2.02. The van der Waals surface area contributed by atoms with Crippen molar-refractivity contribution in [2.45, 2.75) is 26.8 Å². The van der Waals surface area contributed by atoms with Gasteiger partial charge in [-0.3, -0.25) is 4.79 Å². The van der Waals surface area contributed by atoms with E-state index in [-0.39, 0.29) is 11.8 Å². The summed E-state index contributed by atoms with van der Waals surface area (Å²) in [6.45, 7) is 4.13. The number of aryl methyl sites for hydroxylation is 1. The molecule has 0 N–H and O–H groups in total. The minimum absolute atomic E-state index is 0.266. The number of nitrogens with zero attached hydrogens (tertiary/aromatic N) is 1. The molecule has 0 radical (unpaired) electrons. The number of esters is 1. The lowest BCUT2D eigenvalue weighted by Crippen LogP contribution is -2.04. The van der Waals surface area contributed by atoms with E-state index >= 15 is 0 Å². The number of ether oxygens (including phenoxy) is 1. The Kier molecular flexibility index (Phi) is 4.71. The number of hydrogen-bond acceptors (Lipinski definition) is 2. The van der Waals surface area contributed by atoms with Crippen LogP contribution in [-0.4, -0.2) is 10.5 Å². The summed E-state index contributed by atoms with van der Waals surface area (Å²) in [5.74, 6) is -0.0576. The van der Waals surface area contributed by atoms with Crippen molar-refractivity contribution in [3.63, 3.8) is 0 Å². The number of fused-ring (bicyclic) bond motifs is 1. The van der Waals surface area contributed by atoms with Gasteiger partial charge in [-0.2, -0.15) is 0 Å². The van der Waals surface area contributed by atoms with Gasteiger partial charge in [-0.1, -0.05) is 13.0 Å². The number of hydrogen-bond donors (Lipinski definition) is 0. The van der Waals surface area contributed by atoms with E-state index in [2.05, 4.69) is 33.5 Å². The molecule has 0 fully saturated rings. The Labute approximate surface area is 148 Å². The van der Waals surface area contributed by atoms with Crippen molar-refractivity contribution in [3.8, 4) is 5.75 Å². The van der Waals surface area contributed by atoms with E-state index in [0.717, 1.165) is 22.9 Å². The van der Waals surface area contributed by atoms with Crippen LogP contribution in [0.2, 0.25) is 0 Å². The Morgan fingerprint density at radius 3 is 2.67 bits per heavy atom. The van der Waals surface area contributed by atoms with Gasteiger partial charge < -0.3 is 9.30 Å². The van der Waals surface area contributed by atoms with Crippen molar-refractivity contribution in [2.75, 3.05) is 0 Å². The molecule has 3 rings (SSSR count). The average Bonchev–Trinajstić information content (AvgIpc) is 2.87. The first kappa shape index (κ1) is 16.7. The van der Waals surface area contributed by atoms with E-state index in [1.165, 1.54) is 18.7 Å². The van der Waals surface area contributed by atoms with Crippen molar-refractivity contribution >= 4 is 32.8 Å². The Morgan fingerprint density at radius 2 is 2.00 bits per heavy atom. The SMILES string of the molecule is CCc1cc2cc(OC(C)=O)ccc2n1Cc1ccc(F)c(Br)c1. The monoisotopic (exact) mass is 389 g/mol. The molecular formula is C19H17BrFNO2. The molecule has 0 spiro atoms. The first-order valence-corrected chi connectivity index (χ1v) is 8.51. The zero-order valence-electron chi connectivity index (χ0n) is 13.5. The molecule has 0 unspecified atom stereocenters. The van der Waals surface area contributed by atoms with Crippen molar-refractivity contribution in [3.05, 3.63) is 64.0 Å². The summed E-state index contributed by atoms with van der Waals surface area (Å²) in [7, 11) is 0. The lowest BCUT2D eigenvalue weighted by Gasteiger charge is -2.11. The van der Waals surface area contributed by atoms with E-state index in [0.29, 0.717) is 16.8 Å². The second-order valence-corrected chi connectivity index (χ2v) is 6.49. The highest BCUT2D eigenvalue weighted by Crippen LogP contribution is 2.27. The average molecular weight is 390 g/mol. The number of carbonyl (C=O) groups excluding carboxylic acids is 1. The van der Waals surface area contributed by atoms with Gasteiger partial charge in [0.2, 0.25) is 0 Å². The van der Waals surface area contributed by atoms with E-state index in [1.54, 1.807) is 18.2 Å². The van der Waals surface area contributed by atoms with Crippen LogP contribution in [0.1, 0.15) is 25.1 Å². The third kappa shape index (κ3) is 3.36. The number of aromatic nitrogens is 1. The number of rotatable bonds is 4. The molecule has 0 saturated carbocycles. The zero-order valence-corrected chi connectivity index (χ0v) is 15.1. The second kappa shape index (κ2) is 6.77. The fraction of sp³-hybridized carbons (Fsp3) is 0.211. The van der Waals surface area contributed by atoms with Crippen LogP contribution in [0.3, 0.4) is 0 Å². The molecule has 0 aliphatic carbocycles. The van der Waals surface area contributed by atoms with Crippen LogP contribution in [-0.2, 0) is 17.8 Å². The first-order chi connectivity index (χ1) is 11.5. The van der Waals surface area contributed by atoms with E-state index in [9.17, 15) is 9.18 Å². The molecule has 3 nitrogen and oxygen atoms in total. The van der Waals surface area contributed by atoms with Gasteiger partial charge in [0.1, 0.15) is 11.6 Å². The molecule has 0 saturated heterocycles. The number of benzene rings is 2. The molecule has 0 atom stereocenters. The molecule has 1 heterocycles. The van der Waals surface area contributed by atoms with Crippen LogP contribution in [0, 0.1) is 5.82 Å². The minimum Gasteiger partial charge on any atom is -0.427 e. The Bertz CT molecular complexity index is 917. The Hall–Kier alpha value is -2.14. The smallest absolute Gasteiger partial charge is 0.308 e. The molecule has 0 bridgehead atoms. The van der Waals surface area contributed by atoms with Crippen LogP contribution in [0.15, 0.2) is 46.9 Å². The number of halogens is 2. The highest BCUT2D eigenvalue weighted by atomic mass is 79.9. The Morgan fingerprint density at radius 1 is 1.21 bits per heavy atom. The van der Waals surface area contributed by atoms with Crippen molar-refractivity contribution in [1.29, 1.82) is 0 Å². The zero-order chi connectivity index (χ0) is 17.3. The van der Waals surface area contributed by atoms with Gasteiger partial charge in [0.05, 0.1) is 4.47 Å². The van der Waals surface area contributed by atoms with E-state index in [1.807, 2.05) is 12.1 Å². The normalized spacial score (nSPS) is 11.0. The molecule has 0 aliphatic rings.